The fourth-order valence-corrected chi connectivity index (χ4v) is 0.707. The Morgan fingerprint density at radius 3 is 2.62 bits per heavy atom. The van der Waals surface area contributed by atoms with E-state index in [-0.39, 0.29) is 5.57 Å². The monoisotopic (exact) mass is 199 g/mol. The third kappa shape index (κ3) is 4.19. The van der Waals surface area contributed by atoms with Crippen molar-refractivity contribution in [3.8, 4) is 6.07 Å². The number of nitriles is 1. The minimum atomic E-state index is -0.757. The summed E-state index contributed by atoms with van der Waals surface area (Å²) in [4.78, 5) is 10.7. The van der Waals surface area contributed by atoms with Crippen molar-refractivity contribution in [2.24, 2.45) is 5.73 Å². The molecule has 0 aliphatic rings. The average Bonchev–Trinajstić information content (AvgIpc) is 2.01. The van der Waals surface area contributed by atoms with Crippen LogP contribution in [0.1, 0.15) is 6.92 Å². The van der Waals surface area contributed by atoms with Crippen molar-refractivity contribution in [1.29, 1.82) is 5.26 Å². The highest BCUT2D eigenvalue weighted by Gasteiger charge is 2.07. The molecule has 3 N–H and O–H groups in total. The smallest absolute Gasteiger partial charge is 0.261 e. The van der Waals surface area contributed by atoms with Gasteiger partial charge in [0, 0.05) is 17.3 Å². The van der Waals surface area contributed by atoms with Gasteiger partial charge in [-0.05, 0) is 6.92 Å². The van der Waals surface area contributed by atoms with Crippen LogP contribution in [-0.2, 0) is 4.79 Å². The number of nitrogens with zero attached hydrogens (tertiary/aromatic N) is 1. The van der Waals surface area contributed by atoms with Crippen molar-refractivity contribution in [3.63, 3.8) is 0 Å². The maximum Gasteiger partial charge on any atom is 0.261 e. The van der Waals surface area contributed by atoms with Gasteiger partial charge in [0.25, 0.3) is 5.91 Å². The van der Waals surface area contributed by atoms with Crippen molar-refractivity contribution >= 4 is 17.5 Å². The topological polar surface area (TPSA) is 78.9 Å². The Labute approximate surface area is 81.7 Å². The van der Waals surface area contributed by atoms with Gasteiger partial charge in [0.2, 0.25) is 0 Å². The molecule has 0 bridgehead atoms. The van der Waals surface area contributed by atoms with Crippen LogP contribution in [0.2, 0.25) is 0 Å². The summed E-state index contributed by atoms with van der Waals surface area (Å²) >= 11 is 5.47. The second kappa shape index (κ2) is 5.22. The van der Waals surface area contributed by atoms with Gasteiger partial charge in [-0.3, -0.25) is 4.79 Å². The highest BCUT2D eigenvalue weighted by molar-refractivity contribution is 6.29. The molecule has 0 unspecified atom stereocenters. The molecule has 0 aromatic rings. The first kappa shape index (κ1) is 11.5. The lowest BCUT2D eigenvalue weighted by molar-refractivity contribution is -0.114. The fraction of sp³-hybridized carbons (Fsp3) is 0.250. The number of amides is 1. The number of nitrogens with one attached hydrogen (secondary N) is 1. The van der Waals surface area contributed by atoms with E-state index in [1.165, 1.54) is 0 Å². The standard InChI is InChI=1S/C8H10ClN3O/c1-5(9)4-12-6(2)7(3-10)8(11)13/h12H,1,4H2,2H3,(H2,11,13)/b7-6-. The van der Waals surface area contributed by atoms with Gasteiger partial charge in [0.15, 0.2) is 0 Å². The molecule has 0 radical (unpaired) electrons. The number of allylic oxidation sites excluding steroid dienone is 1. The SMILES string of the molecule is C=C(Cl)CN/C(C)=C(/C#N)C(N)=O. The Bertz CT molecular complexity index is 301. The predicted octanol–water partition coefficient (Wildman–Crippen LogP) is 0.611. The van der Waals surface area contributed by atoms with E-state index < -0.39 is 5.91 Å². The number of hydrogen-bond acceptors (Lipinski definition) is 3. The summed E-state index contributed by atoms with van der Waals surface area (Å²) in [6, 6.07) is 1.69. The lowest BCUT2D eigenvalue weighted by Crippen LogP contribution is -2.21. The van der Waals surface area contributed by atoms with E-state index in [1.54, 1.807) is 13.0 Å². The second-order valence-electron chi connectivity index (χ2n) is 2.35. The molecule has 1 amide bonds. The van der Waals surface area contributed by atoms with Crippen molar-refractivity contribution in [2.75, 3.05) is 6.54 Å². The third-order valence-electron chi connectivity index (χ3n) is 1.28. The van der Waals surface area contributed by atoms with E-state index >= 15 is 0 Å². The largest absolute Gasteiger partial charge is 0.382 e. The number of carbonyl (C=O) groups excluding carboxylic acids is 1. The maximum absolute atomic E-state index is 10.7. The molecule has 0 aromatic heterocycles. The van der Waals surface area contributed by atoms with E-state index in [4.69, 9.17) is 22.6 Å². The number of halogens is 1. The molecule has 5 heteroatoms. The molecule has 0 fully saturated rings. The quantitative estimate of drug-likeness (QED) is 0.514. The molecule has 4 nitrogen and oxygen atoms in total. The van der Waals surface area contributed by atoms with Gasteiger partial charge >= 0.3 is 0 Å². The van der Waals surface area contributed by atoms with Gasteiger partial charge in [-0.1, -0.05) is 18.2 Å². The summed E-state index contributed by atoms with van der Waals surface area (Å²) in [6.45, 7) is 5.31. The molecule has 0 rings (SSSR count). The van der Waals surface area contributed by atoms with Crippen LogP contribution in [0.4, 0.5) is 0 Å². The van der Waals surface area contributed by atoms with Crippen LogP contribution < -0.4 is 11.1 Å². The number of hydrogen-bond donors (Lipinski definition) is 2. The number of rotatable bonds is 4. The van der Waals surface area contributed by atoms with Gasteiger partial charge in [0.05, 0.1) is 0 Å². The third-order valence-corrected chi connectivity index (χ3v) is 1.41. The number of nitrogens with two attached hydrogens (primary N) is 1. The molecule has 0 aromatic carbocycles. The van der Waals surface area contributed by atoms with Crippen LogP contribution in [0.5, 0.6) is 0 Å². The molecule has 0 aliphatic carbocycles. The van der Waals surface area contributed by atoms with Crippen LogP contribution in [0.3, 0.4) is 0 Å². The minimum absolute atomic E-state index is 0.0992. The van der Waals surface area contributed by atoms with Crippen LogP contribution in [0.25, 0.3) is 0 Å². The maximum atomic E-state index is 10.7. The summed E-state index contributed by atoms with van der Waals surface area (Å²) in [5.74, 6) is -0.757. The Kier molecular flexibility index (Phi) is 4.63. The summed E-state index contributed by atoms with van der Waals surface area (Å²) in [5.41, 5.74) is 5.24. The highest BCUT2D eigenvalue weighted by Crippen LogP contribution is 2.00. The van der Waals surface area contributed by atoms with Crippen LogP contribution in [0.15, 0.2) is 22.9 Å². The summed E-state index contributed by atoms with van der Waals surface area (Å²) in [7, 11) is 0. The van der Waals surface area contributed by atoms with Crippen LogP contribution in [-0.4, -0.2) is 12.5 Å². The molecule has 0 aliphatic heterocycles. The lowest BCUT2D eigenvalue weighted by atomic mass is 10.2. The molecule has 13 heavy (non-hydrogen) atoms. The number of primary amides is 1. The van der Waals surface area contributed by atoms with Crippen molar-refractivity contribution in [1.82, 2.24) is 5.32 Å². The zero-order valence-corrected chi connectivity index (χ0v) is 7.98. The number of carbonyl (C=O) groups is 1. The van der Waals surface area contributed by atoms with E-state index in [0.717, 1.165) is 0 Å². The molecular formula is C8H10ClN3O. The zero-order chi connectivity index (χ0) is 10.4. The van der Waals surface area contributed by atoms with E-state index in [2.05, 4.69) is 11.9 Å². The van der Waals surface area contributed by atoms with Crippen LogP contribution >= 0.6 is 11.6 Å². The fourth-order valence-electron chi connectivity index (χ4n) is 0.641. The summed E-state index contributed by atoms with van der Waals surface area (Å²) < 4.78 is 0. The first-order chi connectivity index (χ1) is 5.99. The first-order valence-corrected chi connectivity index (χ1v) is 3.84. The minimum Gasteiger partial charge on any atom is -0.382 e. The van der Waals surface area contributed by atoms with Crippen molar-refractivity contribution < 1.29 is 4.79 Å². The van der Waals surface area contributed by atoms with Gasteiger partial charge < -0.3 is 11.1 Å². The summed E-state index contributed by atoms with van der Waals surface area (Å²) in [5, 5.41) is 11.7. The van der Waals surface area contributed by atoms with Gasteiger partial charge in [-0.15, -0.1) is 0 Å². The second-order valence-corrected chi connectivity index (χ2v) is 2.88. The first-order valence-electron chi connectivity index (χ1n) is 3.47. The molecule has 0 saturated carbocycles. The highest BCUT2D eigenvalue weighted by atomic mass is 35.5. The molecule has 0 saturated heterocycles. The zero-order valence-electron chi connectivity index (χ0n) is 7.22. The van der Waals surface area contributed by atoms with Gasteiger partial charge in [-0.2, -0.15) is 5.26 Å². The molecule has 0 atom stereocenters. The Balaban J connectivity index is 4.51. The molecule has 0 heterocycles. The predicted molar refractivity (Wildman–Crippen MR) is 50.5 cm³/mol. The molecule has 0 spiro atoms. The van der Waals surface area contributed by atoms with Crippen LogP contribution in [0, 0.1) is 11.3 Å². The van der Waals surface area contributed by atoms with Gasteiger partial charge in [0.1, 0.15) is 11.6 Å². The molecule has 70 valence electrons. The normalized spacial score (nSPS) is 11.2. The Morgan fingerprint density at radius 2 is 2.31 bits per heavy atom. The lowest BCUT2D eigenvalue weighted by Gasteiger charge is -2.05. The Hall–Kier alpha value is -1.47. The molecular weight excluding hydrogens is 190 g/mol. The van der Waals surface area contributed by atoms with E-state index in [1.807, 2.05) is 0 Å². The van der Waals surface area contributed by atoms with E-state index in [0.29, 0.717) is 17.3 Å². The van der Waals surface area contributed by atoms with Crippen molar-refractivity contribution in [3.05, 3.63) is 22.9 Å². The summed E-state index contributed by atoms with van der Waals surface area (Å²) in [6.07, 6.45) is 0. The average molecular weight is 200 g/mol. The van der Waals surface area contributed by atoms with E-state index in [9.17, 15) is 4.79 Å². The van der Waals surface area contributed by atoms with Crippen molar-refractivity contribution in [2.45, 2.75) is 6.92 Å². The Morgan fingerprint density at radius 1 is 1.77 bits per heavy atom. The van der Waals surface area contributed by atoms with Gasteiger partial charge in [-0.25, -0.2) is 0 Å².